The van der Waals surface area contributed by atoms with Gasteiger partial charge in [0.2, 0.25) is 11.8 Å². The summed E-state index contributed by atoms with van der Waals surface area (Å²) in [6.45, 7) is 8.08. The Kier molecular flexibility index (Phi) is 11.7. The van der Waals surface area contributed by atoms with Crippen LogP contribution in [0.15, 0.2) is 82.0 Å². The molecule has 1 aromatic heterocycles. The van der Waals surface area contributed by atoms with Crippen LogP contribution in [0.1, 0.15) is 47.9 Å². The number of anilines is 1. The van der Waals surface area contributed by atoms with Crippen molar-refractivity contribution in [2.75, 3.05) is 50.8 Å². The average molecular weight is 673 g/mol. The predicted molar refractivity (Wildman–Crippen MR) is 187 cm³/mol. The monoisotopic (exact) mass is 672 g/mol. The van der Waals surface area contributed by atoms with Crippen LogP contribution in [0.4, 0.5) is 5.69 Å². The van der Waals surface area contributed by atoms with E-state index in [4.69, 9.17) is 20.8 Å². The number of fused-ring (bicyclic) bond motifs is 1. The zero-order valence-electron chi connectivity index (χ0n) is 27.4. The molecule has 4 aromatic rings. The molecular formula is C37H41ClN4O6. The van der Waals surface area contributed by atoms with E-state index in [1.807, 2.05) is 55.1 Å². The third-order valence-corrected chi connectivity index (χ3v) is 8.56. The molecule has 3 aromatic carbocycles. The van der Waals surface area contributed by atoms with Gasteiger partial charge in [0.15, 0.2) is 11.2 Å². The Morgan fingerprint density at radius 3 is 2.38 bits per heavy atom. The fourth-order valence-electron chi connectivity index (χ4n) is 5.67. The van der Waals surface area contributed by atoms with Crippen LogP contribution in [0.3, 0.4) is 0 Å². The van der Waals surface area contributed by atoms with E-state index < -0.39 is 5.91 Å². The Balaban J connectivity index is 0.000000494. The highest BCUT2D eigenvalue weighted by molar-refractivity contribution is 6.30. The van der Waals surface area contributed by atoms with Crippen molar-refractivity contribution < 1.29 is 23.5 Å². The number of amides is 3. The van der Waals surface area contributed by atoms with E-state index in [9.17, 15) is 19.2 Å². The van der Waals surface area contributed by atoms with Gasteiger partial charge < -0.3 is 29.2 Å². The topological polar surface area (TPSA) is 112 Å². The van der Waals surface area contributed by atoms with E-state index in [0.29, 0.717) is 56.9 Å². The smallest absolute Gasteiger partial charge is 0.287 e. The van der Waals surface area contributed by atoms with Gasteiger partial charge in [-0.25, -0.2) is 0 Å². The molecule has 0 spiro atoms. The number of halogens is 1. The maximum atomic E-state index is 12.9. The number of carbonyl (C=O) groups is 3. The van der Waals surface area contributed by atoms with Crippen LogP contribution < -0.4 is 20.4 Å². The number of nitrogens with zero attached hydrogens (tertiary/aromatic N) is 3. The van der Waals surface area contributed by atoms with E-state index in [2.05, 4.69) is 22.3 Å². The Morgan fingerprint density at radius 2 is 1.69 bits per heavy atom. The number of hydrogen-bond acceptors (Lipinski definition) is 7. The maximum absolute atomic E-state index is 12.9. The van der Waals surface area contributed by atoms with E-state index in [-0.39, 0.29) is 35.1 Å². The Bertz CT molecular complexity index is 1780. The molecule has 2 aliphatic heterocycles. The van der Waals surface area contributed by atoms with Crippen LogP contribution in [0.25, 0.3) is 11.0 Å². The molecule has 0 bridgehead atoms. The molecule has 10 nitrogen and oxygen atoms in total. The van der Waals surface area contributed by atoms with Crippen LogP contribution >= 0.6 is 11.6 Å². The lowest BCUT2D eigenvalue weighted by Crippen LogP contribution is -2.51. The number of nitrogens with one attached hydrogen (secondary N) is 1. The Morgan fingerprint density at radius 1 is 0.938 bits per heavy atom. The van der Waals surface area contributed by atoms with Gasteiger partial charge >= 0.3 is 0 Å². The number of benzene rings is 3. The number of rotatable bonds is 9. The van der Waals surface area contributed by atoms with E-state index >= 15 is 0 Å². The second-order valence-electron chi connectivity index (χ2n) is 11.9. The fourth-order valence-corrected chi connectivity index (χ4v) is 5.80. The average Bonchev–Trinajstić information content (AvgIpc) is 3.51. The molecule has 2 fully saturated rings. The first-order chi connectivity index (χ1) is 23.2. The number of piperazine rings is 1. The van der Waals surface area contributed by atoms with Crippen LogP contribution in [0.2, 0.25) is 5.02 Å². The summed E-state index contributed by atoms with van der Waals surface area (Å²) in [5.74, 6) is -0.214. The number of aryl methyl sites for hydroxylation is 1. The minimum atomic E-state index is -0.623. The zero-order chi connectivity index (χ0) is 34.0. The van der Waals surface area contributed by atoms with Crippen LogP contribution in [0.5, 0.6) is 5.75 Å². The number of carbonyl (C=O) groups excluding carboxylic acids is 3. The molecule has 252 valence electrons. The van der Waals surface area contributed by atoms with Gasteiger partial charge in [0, 0.05) is 62.5 Å². The number of para-hydroxylation sites is 1. The highest BCUT2D eigenvalue weighted by Gasteiger charge is 2.25. The lowest BCUT2D eigenvalue weighted by Gasteiger charge is -2.37. The summed E-state index contributed by atoms with van der Waals surface area (Å²) in [5.41, 5.74) is 3.35. The summed E-state index contributed by atoms with van der Waals surface area (Å²) >= 11 is 5.61. The number of hydrogen-bond donors (Lipinski definition) is 1. The van der Waals surface area contributed by atoms with Crippen molar-refractivity contribution in [3.05, 3.63) is 105 Å². The van der Waals surface area contributed by atoms with Crippen LogP contribution in [-0.2, 0) is 16.1 Å². The van der Waals surface area contributed by atoms with Crippen LogP contribution in [-0.4, -0.2) is 73.4 Å². The molecule has 0 saturated carbocycles. The molecule has 0 unspecified atom stereocenters. The third-order valence-electron chi connectivity index (χ3n) is 8.30. The van der Waals surface area contributed by atoms with E-state index in [1.54, 1.807) is 23.1 Å². The zero-order valence-corrected chi connectivity index (χ0v) is 28.1. The molecule has 0 radical (unpaired) electrons. The normalized spacial score (nSPS) is 14.5. The molecule has 2 saturated heterocycles. The van der Waals surface area contributed by atoms with Crippen LogP contribution in [0, 0.1) is 6.92 Å². The molecule has 11 heteroatoms. The molecule has 0 aliphatic carbocycles. The number of ether oxygens (including phenoxy) is 1. The first-order valence-corrected chi connectivity index (χ1v) is 16.7. The summed E-state index contributed by atoms with van der Waals surface area (Å²) in [7, 11) is 0. The van der Waals surface area contributed by atoms with Gasteiger partial charge in [-0.1, -0.05) is 54.4 Å². The molecular weight excluding hydrogens is 632 g/mol. The van der Waals surface area contributed by atoms with Crippen molar-refractivity contribution in [2.45, 2.75) is 39.7 Å². The third kappa shape index (κ3) is 8.95. The second-order valence-corrected chi connectivity index (χ2v) is 12.3. The molecule has 3 heterocycles. The predicted octanol–water partition coefficient (Wildman–Crippen LogP) is 5.43. The van der Waals surface area contributed by atoms with Crippen molar-refractivity contribution in [3.63, 3.8) is 0 Å². The molecule has 0 atom stereocenters. The van der Waals surface area contributed by atoms with Gasteiger partial charge in [0.05, 0.1) is 18.5 Å². The lowest BCUT2D eigenvalue weighted by atomic mass is 10.1. The molecule has 3 amide bonds. The Labute approximate surface area is 285 Å². The fraction of sp³-hybridized carbons (Fsp3) is 0.351. The summed E-state index contributed by atoms with van der Waals surface area (Å²) in [6.07, 6.45) is 2.36. The highest BCUT2D eigenvalue weighted by atomic mass is 35.5. The minimum absolute atomic E-state index is 0.148. The molecule has 2 aliphatic rings. The molecule has 6 rings (SSSR count). The van der Waals surface area contributed by atoms with Crippen molar-refractivity contribution >= 4 is 46.0 Å². The summed E-state index contributed by atoms with van der Waals surface area (Å²) < 4.78 is 11.2. The van der Waals surface area contributed by atoms with Gasteiger partial charge in [-0.2, -0.15) is 0 Å². The second kappa shape index (κ2) is 16.3. The van der Waals surface area contributed by atoms with E-state index in [0.717, 1.165) is 41.7 Å². The summed E-state index contributed by atoms with van der Waals surface area (Å²) in [5, 5.41) is 3.71. The summed E-state index contributed by atoms with van der Waals surface area (Å²) in [6, 6.07) is 21.9. The Hall–Kier alpha value is -4.83. The quantitative estimate of drug-likeness (QED) is 0.252. The van der Waals surface area contributed by atoms with Gasteiger partial charge in [0.1, 0.15) is 11.3 Å². The van der Waals surface area contributed by atoms with Gasteiger partial charge in [-0.15, -0.1) is 0 Å². The van der Waals surface area contributed by atoms with Crippen molar-refractivity contribution in [1.82, 2.24) is 15.1 Å². The molecule has 1 N–H and O–H groups in total. The minimum Gasteiger partial charge on any atom is -0.494 e. The van der Waals surface area contributed by atoms with Gasteiger partial charge in [-0.05, 0) is 61.7 Å². The maximum Gasteiger partial charge on any atom is 0.287 e. The van der Waals surface area contributed by atoms with Gasteiger partial charge in [0.25, 0.3) is 5.91 Å². The lowest BCUT2D eigenvalue weighted by molar-refractivity contribution is -0.130. The first kappa shape index (κ1) is 34.5. The van der Waals surface area contributed by atoms with Gasteiger partial charge in [-0.3, -0.25) is 19.2 Å². The largest absolute Gasteiger partial charge is 0.494 e. The van der Waals surface area contributed by atoms with Crippen molar-refractivity contribution in [3.8, 4) is 5.75 Å². The first-order valence-electron chi connectivity index (χ1n) is 16.3. The van der Waals surface area contributed by atoms with E-state index in [1.165, 1.54) is 5.56 Å². The molecule has 48 heavy (non-hydrogen) atoms. The standard InChI is InChI=1S/C30H34N4O6.C7H7Cl/c1-2-16-39-22-9-10-26-23(17-22)25(35)18-27(40-26)30(38)31-19-29(37)33-14-12-32(13-15-33)24-7-4-3-6-21(24)20-34-11-5-8-28(34)36;1-6-2-4-7(8)5-3-6/h3-4,6-7,9-10,17-18H,2,5,8,11-16,19-20H2,1H3,(H,31,38);2-5H,1H3. The summed E-state index contributed by atoms with van der Waals surface area (Å²) in [4.78, 5) is 56.1. The number of likely N-dealkylation sites (tertiary alicyclic amines) is 1. The van der Waals surface area contributed by atoms with Crippen molar-refractivity contribution in [2.24, 2.45) is 0 Å². The van der Waals surface area contributed by atoms with Crippen molar-refractivity contribution in [1.29, 1.82) is 0 Å². The highest BCUT2D eigenvalue weighted by Crippen LogP contribution is 2.25. The SMILES string of the molecule is CCCOc1ccc2oc(C(=O)NCC(=O)N3CCN(c4ccccc4CN4CCCC4=O)CC3)cc(=O)c2c1.Cc1ccc(Cl)cc1.